The number of thioether (sulfide) groups is 1. The van der Waals surface area contributed by atoms with E-state index in [1.807, 2.05) is 36.4 Å². The lowest BCUT2D eigenvalue weighted by molar-refractivity contribution is 0.0600. The summed E-state index contributed by atoms with van der Waals surface area (Å²) in [5.41, 5.74) is 4.03. The Morgan fingerprint density at radius 3 is 2.82 bits per heavy atom. The number of carbonyl (C=O) groups excluding carboxylic acids is 1. The van der Waals surface area contributed by atoms with Gasteiger partial charge < -0.3 is 4.74 Å². The van der Waals surface area contributed by atoms with Crippen LogP contribution in [0.2, 0.25) is 0 Å². The number of methoxy groups -OCH3 is 1. The lowest BCUT2D eigenvalue weighted by atomic mass is 9.94. The summed E-state index contributed by atoms with van der Waals surface area (Å²) < 4.78 is 4.80. The van der Waals surface area contributed by atoms with Crippen LogP contribution in [0.25, 0.3) is 10.4 Å². The first-order chi connectivity index (χ1) is 10.7. The first-order valence-corrected chi connectivity index (χ1v) is 7.75. The third-order valence-electron chi connectivity index (χ3n) is 3.53. The van der Waals surface area contributed by atoms with Crippen LogP contribution in [-0.2, 0) is 4.74 Å². The van der Waals surface area contributed by atoms with E-state index in [-0.39, 0.29) is 5.97 Å². The maximum atomic E-state index is 11.8. The number of carbonyl (C=O) groups is 1. The van der Waals surface area contributed by atoms with Crippen molar-refractivity contribution >= 4 is 29.0 Å². The van der Waals surface area contributed by atoms with Gasteiger partial charge in [-0.25, -0.2) is 9.64 Å². The lowest BCUT2D eigenvalue weighted by Crippen LogP contribution is -2.04. The highest BCUT2D eigenvalue weighted by molar-refractivity contribution is 7.99. The fourth-order valence-corrected chi connectivity index (χ4v) is 3.41. The number of benzene rings is 2. The highest BCUT2D eigenvalue weighted by Gasteiger charge is 2.19. The number of hydrogen-bond donors (Lipinski definition) is 0. The maximum absolute atomic E-state index is 11.8. The summed E-state index contributed by atoms with van der Waals surface area (Å²) in [4.78, 5) is 16.5. The van der Waals surface area contributed by atoms with E-state index < -0.39 is 0 Å². The van der Waals surface area contributed by atoms with E-state index in [4.69, 9.17) is 11.3 Å². The van der Waals surface area contributed by atoms with Crippen molar-refractivity contribution in [2.75, 3.05) is 12.9 Å². The van der Waals surface area contributed by atoms with Crippen molar-refractivity contribution in [2.24, 2.45) is 0 Å². The highest BCUT2D eigenvalue weighted by Crippen LogP contribution is 2.40. The van der Waals surface area contributed by atoms with Crippen LogP contribution in [0.3, 0.4) is 0 Å². The third kappa shape index (κ3) is 2.51. The summed E-state index contributed by atoms with van der Waals surface area (Å²) in [5, 5.41) is 0. The molecule has 0 radical (unpaired) electrons. The van der Waals surface area contributed by atoms with E-state index in [1.54, 1.807) is 17.8 Å². The summed E-state index contributed by atoms with van der Waals surface area (Å²) >= 11 is 1.72. The van der Waals surface area contributed by atoms with E-state index in [0.717, 1.165) is 27.3 Å². The molecule has 0 aromatic heterocycles. The number of rotatable bonds is 2. The number of ether oxygens (including phenoxy) is 1. The molecule has 0 fully saturated rings. The molecule has 2 aromatic rings. The smallest absolute Gasteiger partial charge is 0.337 e. The summed E-state index contributed by atoms with van der Waals surface area (Å²) in [6.07, 6.45) is 2.11. The van der Waals surface area contributed by atoms with Gasteiger partial charge in [0.25, 0.3) is 0 Å². The van der Waals surface area contributed by atoms with Gasteiger partial charge in [-0.15, -0.1) is 11.8 Å². The molecule has 1 aliphatic rings. The van der Waals surface area contributed by atoms with Gasteiger partial charge in [-0.05, 0) is 34.9 Å². The van der Waals surface area contributed by atoms with Crippen molar-refractivity contribution in [1.82, 2.24) is 0 Å². The topological polar surface area (TPSA) is 30.7 Å². The Morgan fingerprint density at radius 2 is 2.05 bits per heavy atom. The number of para-hydroxylation sites is 1. The monoisotopic (exact) mass is 307 g/mol. The normalized spacial score (nSPS) is 12.8. The van der Waals surface area contributed by atoms with Gasteiger partial charge in [0, 0.05) is 10.6 Å². The van der Waals surface area contributed by atoms with E-state index in [2.05, 4.69) is 10.9 Å². The van der Waals surface area contributed by atoms with Gasteiger partial charge in [0.05, 0.1) is 19.2 Å². The van der Waals surface area contributed by atoms with Crippen molar-refractivity contribution in [1.29, 1.82) is 0 Å². The number of nitrogens with zero attached hydrogens (tertiary/aromatic N) is 1. The van der Waals surface area contributed by atoms with Gasteiger partial charge in [-0.1, -0.05) is 30.3 Å². The molecule has 0 unspecified atom stereocenters. The lowest BCUT2D eigenvalue weighted by Gasteiger charge is -2.19. The molecule has 0 atom stereocenters. The van der Waals surface area contributed by atoms with Crippen LogP contribution in [0.5, 0.6) is 0 Å². The molecule has 0 bridgehead atoms. The van der Waals surface area contributed by atoms with Gasteiger partial charge in [0.15, 0.2) is 5.69 Å². The van der Waals surface area contributed by atoms with Crippen molar-refractivity contribution in [3.63, 3.8) is 0 Å². The van der Waals surface area contributed by atoms with Gasteiger partial charge >= 0.3 is 5.97 Å². The predicted molar refractivity (Wildman–Crippen MR) is 88.3 cm³/mol. The number of hydrogen-bond acceptors (Lipinski definition) is 3. The fourth-order valence-electron chi connectivity index (χ4n) is 2.49. The Balaban J connectivity index is 2.15. The van der Waals surface area contributed by atoms with Gasteiger partial charge in [0.2, 0.25) is 0 Å². The Hall–Kier alpha value is -2.51. The van der Waals surface area contributed by atoms with Gasteiger partial charge in [-0.2, -0.15) is 0 Å². The molecule has 0 N–H and O–H groups in total. The van der Waals surface area contributed by atoms with Crippen molar-refractivity contribution in [3.05, 3.63) is 76.6 Å². The molecular weight excluding hydrogens is 294 g/mol. The average Bonchev–Trinajstić information content (AvgIpc) is 2.60. The first-order valence-electron chi connectivity index (χ1n) is 6.77. The maximum Gasteiger partial charge on any atom is 0.337 e. The Morgan fingerprint density at radius 1 is 1.23 bits per heavy atom. The molecular formula is C18H13NO2S. The molecule has 3 nitrogen and oxygen atoms in total. The van der Waals surface area contributed by atoms with Crippen LogP contribution in [0.15, 0.2) is 53.4 Å². The zero-order valence-electron chi connectivity index (χ0n) is 12.0. The molecule has 108 valence electrons. The Bertz CT molecular complexity index is 818. The summed E-state index contributed by atoms with van der Waals surface area (Å²) in [7, 11) is 1.38. The van der Waals surface area contributed by atoms with E-state index in [0.29, 0.717) is 11.3 Å². The zero-order chi connectivity index (χ0) is 15.5. The van der Waals surface area contributed by atoms with Crippen molar-refractivity contribution < 1.29 is 9.53 Å². The molecule has 22 heavy (non-hydrogen) atoms. The zero-order valence-corrected chi connectivity index (χ0v) is 12.8. The molecule has 0 aliphatic carbocycles. The number of fused-ring (bicyclic) bond motifs is 1. The first kappa shape index (κ1) is 14.4. The Labute approximate surface area is 133 Å². The molecule has 1 aliphatic heterocycles. The summed E-state index contributed by atoms with van der Waals surface area (Å²) in [6.45, 7) is 7.35. The molecule has 0 amide bonds. The molecule has 4 heteroatoms. The number of esters is 1. The molecule has 1 heterocycles. The van der Waals surface area contributed by atoms with Crippen molar-refractivity contribution in [3.8, 4) is 0 Å². The summed E-state index contributed by atoms with van der Waals surface area (Å²) in [6, 6.07) is 13.1. The standard InChI is InChI=1S/C18H13NO2S/c1-19-16-6-4-3-5-14(16)13-9-10-22-17-8-7-12(11-15(13)17)18(20)21-2/h3-9,11H,10H2,2H3. The van der Waals surface area contributed by atoms with E-state index in [9.17, 15) is 4.79 Å². The quantitative estimate of drug-likeness (QED) is 0.602. The second-order valence-corrected chi connectivity index (χ2v) is 5.82. The van der Waals surface area contributed by atoms with Crippen LogP contribution in [0, 0.1) is 6.57 Å². The van der Waals surface area contributed by atoms with Gasteiger partial charge in [0.1, 0.15) is 0 Å². The van der Waals surface area contributed by atoms with Crippen molar-refractivity contribution in [2.45, 2.75) is 4.90 Å². The average molecular weight is 307 g/mol. The third-order valence-corrected chi connectivity index (χ3v) is 4.53. The SMILES string of the molecule is [C-]#[N+]c1ccccc1C1=CCSc2ccc(C(=O)OC)cc21. The van der Waals surface area contributed by atoms with E-state index >= 15 is 0 Å². The fraction of sp³-hybridized carbons (Fsp3) is 0.111. The molecule has 0 spiro atoms. The second-order valence-electron chi connectivity index (χ2n) is 4.76. The van der Waals surface area contributed by atoms with Crippen LogP contribution in [0.1, 0.15) is 21.5 Å². The molecule has 0 saturated carbocycles. The van der Waals surface area contributed by atoms with Gasteiger partial charge in [-0.3, -0.25) is 0 Å². The highest BCUT2D eigenvalue weighted by atomic mass is 32.2. The molecule has 0 saturated heterocycles. The molecule has 3 rings (SSSR count). The Kier molecular flexibility index (Phi) is 3.99. The minimum absolute atomic E-state index is 0.351. The summed E-state index contributed by atoms with van der Waals surface area (Å²) in [5.74, 6) is 0.503. The van der Waals surface area contributed by atoms with E-state index in [1.165, 1.54) is 7.11 Å². The van der Waals surface area contributed by atoms with Crippen LogP contribution >= 0.6 is 11.8 Å². The minimum Gasteiger partial charge on any atom is -0.465 e. The van der Waals surface area contributed by atoms with Crippen LogP contribution in [0.4, 0.5) is 5.69 Å². The largest absolute Gasteiger partial charge is 0.465 e. The molecule has 2 aromatic carbocycles. The predicted octanol–water partition coefficient (Wildman–Crippen LogP) is 4.56. The van der Waals surface area contributed by atoms with Crippen LogP contribution < -0.4 is 0 Å². The van der Waals surface area contributed by atoms with Crippen LogP contribution in [-0.4, -0.2) is 18.8 Å². The minimum atomic E-state index is -0.351. The second kappa shape index (κ2) is 6.08.